The van der Waals surface area contributed by atoms with Crippen LogP contribution in [0.1, 0.15) is 56.3 Å². The van der Waals surface area contributed by atoms with Crippen LogP contribution >= 0.6 is 0 Å². The molecule has 2 aliphatic rings. The largest absolute Gasteiger partial charge is 0.469 e. The monoisotopic (exact) mass is 340 g/mol. The van der Waals surface area contributed by atoms with Gasteiger partial charge in [-0.15, -0.1) is 0 Å². The normalized spacial score (nSPS) is 26.2. The molecule has 0 aliphatic carbocycles. The standard InChI is InChI=1S/C21H28N2O2/c1-3-21(12-9-18(24)25-2)11-6-13-23-14-10-16-15-7-4-5-8-17(15)22-19(16)20(21)23/h4-5,7-8,20,22H,3,6,9-14H2,1-2H3. The van der Waals surface area contributed by atoms with Crippen LogP contribution in [0.15, 0.2) is 24.3 Å². The summed E-state index contributed by atoms with van der Waals surface area (Å²) in [6.07, 6.45) is 6.06. The summed E-state index contributed by atoms with van der Waals surface area (Å²) in [5.74, 6) is -0.0855. The van der Waals surface area contributed by atoms with Crippen LogP contribution in [0, 0.1) is 5.41 Å². The Balaban J connectivity index is 1.77. The van der Waals surface area contributed by atoms with Gasteiger partial charge in [0.2, 0.25) is 0 Å². The molecule has 1 aromatic heterocycles. The van der Waals surface area contributed by atoms with E-state index in [1.165, 1.54) is 48.7 Å². The van der Waals surface area contributed by atoms with Crippen LogP contribution in [0.4, 0.5) is 0 Å². The summed E-state index contributed by atoms with van der Waals surface area (Å²) in [7, 11) is 1.49. The minimum Gasteiger partial charge on any atom is -0.469 e. The van der Waals surface area contributed by atoms with Crippen LogP contribution in [0.2, 0.25) is 0 Å². The molecule has 0 radical (unpaired) electrons. The van der Waals surface area contributed by atoms with Crippen molar-refractivity contribution in [3.63, 3.8) is 0 Å². The van der Waals surface area contributed by atoms with Gasteiger partial charge in [-0.2, -0.15) is 0 Å². The van der Waals surface area contributed by atoms with Gasteiger partial charge in [-0.1, -0.05) is 25.1 Å². The van der Waals surface area contributed by atoms with E-state index in [9.17, 15) is 4.79 Å². The lowest BCUT2D eigenvalue weighted by molar-refractivity contribution is -0.142. The number of aromatic nitrogens is 1. The number of nitrogens with zero attached hydrogens (tertiary/aromatic N) is 1. The summed E-state index contributed by atoms with van der Waals surface area (Å²) in [5.41, 5.74) is 4.30. The number of hydrogen-bond acceptors (Lipinski definition) is 3. The highest BCUT2D eigenvalue weighted by atomic mass is 16.5. The van der Waals surface area contributed by atoms with Crippen molar-refractivity contribution in [1.29, 1.82) is 0 Å². The Morgan fingerprint density at radius 1 is 1.36 bits per heavy atom. The lowest BCUT2D eigenvalue weighted by Crippen LogP contribution is -2.49. The van der Waals surface area contributed by atoms with Crippen LogP contribution in [0.25, 0.3) is 10.9 Å². The average Bonchev–Trinajstić information content (AvgIpc) is 3.04. The van der Waals surface area contributed by atoms with Gasteiger partial charge in [-0.3, -0.25) is 9.69 Å². The van der Waals surface area contributed by atoms with Crippen LogP contribution in [-0.4, -0.2) is 36.1 Å². The van der Waals surface area contributed by atoms with Crippen molar-refractivity contribution in [2.24, 2.45) is 5.41 Å². The second-order valence-electron chi connectivity index (χ2n) is 7.65. The number of carbonyl (C=O) groups excluding carboxylic acids is 1. The number of aromatic amines is 1. The van der Waals surface area contributed by atoms with E-state index in [0.717, 1.165) is 25.8 Å². The lowest BCUT2D eigenvalue weighted by Gasteiger charge is -2.52. The van der Waals surface area contributed by atoms with Crippen molar-refractivity contribution < 1.29 is 9.53 Å². The number of H-pyrrole nitrogens is 1. The highest BCUT2D eigenvalue weighted by Crippen LogP contribution is 2.53. The highest BCUT2D eigenvalue weighted by molar-refractivity contribution is 5.85. The van der Waals surface area contributed by atoms with Gasteiger partial charge >= 0.3 is 5.97 Å². The van der Waals surface area contributed by atoms with Crippen LogP contribution in [0.3, 0.4) is 0 Å². The van der Waals surface area contributed by atoms with E-state index in [1.54, 1.807) is 0 Å². The molecule has 1 fully saturated rings. The van der Waals surface area contributed by atoms with E-state index in [-0.39, 0.29) is 11.4 Å². The molecule has 1 N–H and O–H groups in total. The minimum absolute atomic E-state index is 0.0855. The molecule has 0 bridgehead atoms. The first kappa shape index (κ1) is 16.6. The van der Waals surface area contributed by atoms with Crippen molar-refractivity contribution in [1.82, 2.24) is 9.88 Å². The quantitative estimate of drug-likeness (QED) is 0.848. The fourth-order valence-corrected chi connectivity index (χ4v) is 5.26. The van der Waals surface area contributed by atoms with E-state index in [0.29, 0.717) is 12.5 Å². The van der Waals surface area contributed by atoms with E-state index >= 15 is 0 Å². The molecule has 0 saturated carbocycles. The molecule has 2 unspecified atom stereocenters. The Morgan fingerprint density at radius 2 is 2.20 bits per heavy atom. The number of piperidine rings is 1. The Kier molecular flexibility index (Phi) is 4.32. The molecule has 0 spiro atoms. The van der Waals surface area contributed by atoms with Gasteiger partial charge in [0.25, 0.3) is 0 Å². The van der Waals surface area contributed by atoms with Crippen molar-refractivity contribution in [2.45, 2.75) is 51.5 Å². The molecular formula is C21H28N2O2. The zero-order valence-electron chi connectivity index (χ0n) is 15.3. The number of rotatable bonds is 4. The fourth-order valence-electron chi connectivity index (χ4n) is 5.26. The maximum absolute atomic E-state index is 11.8. The molecule has 2 atom stereocenters. The zero-order chi connectivity index (χ0) is 17.4. The van der Waals surface area contributed by atoms with Gasteiger partial charge in [0.1, 0.15) is 0 Å². The SMILES string of the molecule is CCC1(CCC(=O)OC)CCCN2CCc3c([nH]c4ccccc34)C21. The van der Waals surface area contributed by atoms with E-state index < -0.39 is 0 Å². The number of esters is 1. The number of ether oxygens (including phenoxy) is 1. The molecule has 134 valence electrons. The Morgan fingerprint density at radius 3 is 3.00 bits per heavy atom. The highest BCUT2D eigenvalue weighted by Gasteiger charge is 2.47. The fraction of sp³-hybridized carbons (Fsp3) is 0.571. The van der Waals surface area contributed by atoms with Crippen molar-refractivity contribution in [3.05, 3.63) is 35.5 Å². The third-order valence-electron chi connectivity index (χ3n) is 6.59. The first-order chi connectivity index (χ1) is 12.2. The summed E-state index contributed by atoms with van der Waals surface area (Å²) in [5, 5.41) is 1.38. The molecule has 4 nitrogen and oxygen atoms in total. The molecule has 2 aromatic rings. The number of nitrogens with one attached hydrogen (secondary N) is 1. The van der Waals surface area contributed by atoms with Gasteiger partial charge in [0.05, 0.1) is 13.2 Å². The van der Waals surface area contributed by atoms with Crippen LogP contribution in [0.5, 0.6) is 0 Å². The van der Waals surface area contributed by atoms with E-state index in [4.69, 9.17) is 4.74 Å². The molecule has 2 aliphatic heterocycles. The molecule has 1 aromatic carbocycles. The predicted octanol–water partition coefficient (Wildman–Crippen LogP) is 4.21. The summed E-state index contributed by atoms with van der Waals surface area (Å²) < 4.78 is 4.92. The number of fused-ring (bicyclic) bond motifs is 5. The number of hydrogen-bond donors (Lipinski definition) is 1. The first-order valence-electron chi connectivity index (χ1n) is 9.59. The maximum atomic E-state index is 11.8. The van der Waals surface area contributed by atoms with Crippen molar-refractivity contribution in [3.8, 4) is 0 Å². The molecule has 4 rings (SSSR count). The smallest absolute Gasteiger partial charge is 0.305 e. The third-order valence-corrected chi connectivity index (χ3v) is 6.59. The number of benzene rings is 1. The second-order valence-corrected chi connectivity index (χ2v) is 7.65. The topological polar surface area (TPSA) is 45.3 Å². The van der Waals surface area contributed by atoms with Crippen LogP contribution < -0.4 is 0 Å². The average molecular weight is 340 g/mol. The second kappa shape index (κ2) is 6.49. The maximum Gasteiger partial charge on any atom is 0.305 e. The van der Waals surface area contributed by atoms with Gasteiger partial charge in [-0.25, -0.2) is 0 Å². The Hall–Kier alpha value is -1.81. The van der Waals surface area contributed by atoms with Gasteiger partial charge in [0.15, 0.2) is 0 Å². The summed E-state index contributed by atoms with van der Waals surface area (Å²) >= 11 is 0. The van der Waals surface area contributed by atoms with Gasteiger partial charge in [-0.05, 0) is 55.7 Å². The molecule has 3 heterocycles. The molecule has 4 heteroatoms. The Bertz CT molecular complexity index is 781. The Labute approximate surface area is 149 Å². The lowest BCUT2D eigenvalue weighted by atomic mass is 9.65. The van der Waals surface area contributed by atoms with Gasteiger partial charge in [0, 0.05) is 29.6 Å². The summed E-state index contributed by atoms with van der Waals surface area (Å²) in [6, 6.07) is 9.06. The first-order valence-corrected chi connectivity index (χ1v) is 9.59. The number of carbonyl (C=O) groups is 1. The number of para-hydroxylation sites is 1. The summed E-state index contributed by atoms with van der Waals surface area (Å²) in [4.78, 5) is 18.2. The van der Waals surface area contributed by atoms with Crippen molar-refractivity contribution in [2.75, 3.05) is 20.2 Å². The molecule has 1 saturated heterocycles. The zero-order valence-corrected chi connectivity index (χ0v) is 15.3. The van der Waals surface area contributed by atoms with E-state index in [1.807, 2.05) is 0 Å². The predicted molar refractivity (Wildman–Crippen MR) is 99.5 cm³/mol. The minimum atomic E-state index is -0.0855. The van der Waals surface area contributed by atoms with Crippen molar-refractivity contribution >= 4 is 16.9 Å². The van der Waals surface area contributed by atoms with E-state index in [2.05, 4.69) is 41.1 Å². The van der Waals surface area contributed by atoms with Gasteiger partial charge < -0.3 is 9.72 Å². The summed E-state index contributed by atoms with van der Waals surface area (Å²) in [6.45, 7) is 4.58. The molecule has 0 amide bonds. The molecular weight excluding hydrogens is 312 g/mol. The molecule has 25 heavy (non-hydrogen) atoms. The number of methoxy groups -OCH3 is 1. The third kappa shape index (κ3) is 2.67. The van der Waals surface area contributed by atoms with Crippen LogP contribution in [-0.2, 0) is 16.0 Å².